The van der Waals surface area contributed by atoms with E-state index >= 15 is 0 Å². The van der Waals surface area contributed by atoms with Gasteiger partial charge in [-0.2, -0.15) is 5.26 Å². The average molecular weight is 347 g/mol. The van der Waals surface area contributed by atoms with Gasteiger partial charge < -0.3 is 15.5 Å². The third-order valence-corrected chi connectivity index (χ3v) is 3.76. The van der Waals surface area contributed by atoms with Gasteiger partial charge in [0.05, 0.1) is 12.0 Å². The Labute approximate surface area is 150 Å². The van der Waals surface area contributed by atoms with Crippen LogP contribution in [0.15, 0.2) is 42.9 Å². The number of carbonyl (C=O) groups is 1. The third-order valence-electron chi connectivity index (χ3n) is 3.76. The highest BCUT2D eigenvalue weighted by Crippen LogP contribution is 2.26. The van der Waals surface area contributed by atoms with Gasteiger partial charge in [0, 0.05) is 52.8 Å². The zero-order valence-corrected chi connectivity index (χ0v) is 14.1. The molecule has 0 fully saturated rings. The molecule has 26 heavy (non-hydrogen) atoms. The molecule has 3 rings (SSSR count). The highest BCUT2D eigenvalue weighted by atomic mass is 16.5. The number of aromatic amines is 1. The van der Waals surface area contributed by atoms with Gasteiger partial charge in [-0.1, -0.05) is 0 Å². The first-order valence-corrected chi connectivity index (χ1v) is 8.00. The monoisotopic (exact) mass is 347 g/mol. The van der Waals surface area contributed by atoms with Crippen LogP contribution in [0, 0.1) is 17.2 Å². The molecule has 3 aromatic rings. The number of rotatable bonds is 6. The van der Waals surface area contributed by atoms with Crippen molar-refractivity contribution in [3.05, 3.63) is 48.4 Å². The summed E-state index contributed by atoms with van der Waals surface area (Å²) < 4.78 is 5.47. The van der Waals surface area contributed by atoms with Gasteiger partial charge in [-0.05, 0) is 25.1 Å². The molecule has 0 aliphatic carbocycles. The van der Waals surface area contributed by atoms with Gasteiger partial charge in [-0.3, -0.25) is 4.79 Å². The van der Waals surface area contributed by atoms with Gasteiger partial charge >= 0.3 is 0 Å². The summed E-state index contributed by atoms with van der Waals surface area (Å²) in [6.45, 7) is 2.09. The van der Waals surface area contributed by atoms with Crippen molar-refractivity contribution in [2.75, 3.05) is 6.61 Å². The molecule has 130 valence electrons. The molecule has 1 amide bonds. The van der Waals surface area contributed by atoms with Gasteiger partial charge in [0.2, 0.25) is 11.8 Å². The van der Waals surface area contributed by atoms with E-state index in [0.29, 0.717) is 12.5 Å². The fraction of sp³-hybridized carbons (Fsp3) is 0.158. The lowest BCUT2D eigenvalue weighted by atomic mass is 10.1. The minimum atomic E-state index is -0.506. The van der Waals surface area contributed by atoms with Crippen LogP contribution < -0.4 is 10.5 Å². The molecule has 3 aromatic heterocycles. The molecule has 7 heteroatoms. The highest BCUT2D eigenvalue weighted by Gasteiger charge is 2.07. The highest BCUT2D eigenvalue weighted by molar-refractivity contribution is 5.95. The number of primary amides is 1. The number of amides is 1. The molecule has 1 atom stereocenters. The molecule has 0 bridgehead atoms. The number of carbonyl (C=O) groups excluding carboxylic acids is 1. The summed E-state index contributed by atoms with van der Waals surface area (Å²) in [4.78, 5) is 22.7. The van der Waals surface area contributed by atoms with Crippen molar-refractivity contribution in [1.29, 1.82) is 5.26 Å². The summed E-state index contributed by atoms with van der Waals surface area (Å²) in [5.41, 5.74) is 8.46. The van der Waals surface area contributed by atoms with E-state index in [-0.39, 0.29) is 5.92 Å². The topological polar surface area (TPSA) is 118 Å². The van der Waals surface area contributed by atoms with E-state index in [0.717, 1.165) is 27.7 Å². The molecule has 0 aromatic carbocycles. The molecule has 0 radical (unpaired) electrons. The summed E-state index contributed by atoms with van der Waals surface area (Å²) in [5, 5.41) is 9.65. The molecule has 0 aliphatic rings. The van der Waals surface area contributed by atoms with Crippen molar-refractivity contribution in [3.8, 4) is 23.1 Å². The number of nitrogens with two attached hydrogens (primary N) is 1. The first-order chi connectivity index (χ1) is 12.6. The number of fused-ring (bicyclic) bond motifs is 1. The minimum Gasteiger partial charge on any atom is -0.476 e. The number of nitriles is 1. The van der Waals surface area contributed by atoms with Gasteiger partial charge in [0.1, 0.15) is 12.3 Å². The molecule has 3 N–H and O–H groups in total. The summed E-state index contributed by atoms with van der Waals surface area (Å²) in [6, 6.07) is 7.72. The summed E-state index contributed by atoms with van der Waals surface area (Å²) in [5.74, 6) is -0.228. The third kappa shape index (κ3) is 3.87. The second-order valence-corrected chi connectivity index (χ2v) is 5.83. The van der Waals surface area contributed by atoms with Crippen LogP contribution >= 0.6 is 0 Å². The van der Waals surface area contributed by atoms with Gasteiger partial charge in [-0.15, -0.1) is 0 Å². The Morgan fingerprint density at radius 1 is 1.38 bits per heavy atom. The number of hydrogen-bond donors (Lipinski definition) is 2. The first-order valence-electron chi connectivity index (χ1n) is 8.00. The van der Waals surface area contributed by atoms with Crippen molar-refractivity contribution in [2.45, 2.75) is 6.92 Å². The Morgan fingerprint density at radius 3 is 2.88 bits per heavy atom. The molecule has 0 saturated carbocycles. The van der Waals surface area contributed by atoms with E-state index in [2.05, 4.69) is 21.0 Å². The molecule has 7 nitrogen and oxygen atoms in total. The number of ether oxygens (including phenoxy) is 1. The predicted octanol–water partition coefficient (Wildman–Crippen LogP) is 2.66. The van der Waals surface area contributed by atoms with Gasteiger partial charge in [0.25, 0.3) is 0 Å². The van der Waals surface area contributed by atoms with Crippen molar-refractivity contribution in [1.82, 2.24) is 15.0 Å². The van der Waals surface area contributed by atoms with Crippen molar-refractivity contribution in [2.24, 2.45) is 11.7 Å². The number of nitrogens with zero attached hydrogens (tertiary/aromatic N) is 3. The van der Waals surface area contributed by atoms with Crippen LogP contribution in [-0.4, -0.2) is 27.5 Å². The number of H-pyrrole nitrogens is 1. The SMILES string of the molecule is C[C@H](C#N)COc1ccc(-c2cnc3[nH]cc(/C=C/C(N)=O)c3c2)cn1. The van der Waals surface area contributed by atoms with Gasteiger partial charge in [0.15, 0.2) is 0 Å². The molecule has 3 heterocycles. The smallest absolute Gasteiger partial charge is 0.241 e. The van der Waals surface area contributed by atoms with Gasteiger partial charge in [-0.25, -0.2) is 9.97 Å². The number of nitrogens with one attached hydrogen (secondary N) is 1. The second kappa shape index (κ2) is 7.49. The van der Waals surface area contributed by atoms with E-state index in [4.69, 9.17) is 15.7 Å². The van der Waals surface area contributed by atoms with Crippen LogP contribution in [0.25, 0.3) is 28.2 Å². The summed E-state index contributed by atoms with van der Waals surface area (Å²) in [7, 11) is 0. The summed E-state index contributed by atoms with van der Waals surface area (Å²) in [6.07, 6.45) is 8.17. The van der Waals surface area contributed by atoms with Crippen LogP contribution in [0.3, 0.4) is 0 Å². The van der Waals surface area contributed by atoms with E-state index < -0.39 is 5.91 Å². The largest absolute Gasteiger partial charge is 0.476 e. The second-order valence-electron chi connectivity index (χ2n) is 5.83. The standard InChI is InChI=1S/C19H17N5O2/c1-12(7-20)11-26-18-5-3-13(8-22-18)15-6-16-14(2-4-17(21)25)9-23-19(16)24-10-15/h2-6,8-10,12H,11H2,1H3,(H2,21,25)(H,23,24)/b4-2+/t12-/m1/s1. The maximum Gasteiger partial charge on any atom is 0.241 e. The fourth-order valence-electron chi connectivity index (χ4n) is 2.38. The van der Waals surface area contributed by atoms with Crippen LogP contribution in [0.5, 0.6) is 5.88 Å². The predicted molar refractivity (Wildman–Crippen MR) is 97.8 cm³/mol. The molecule has 0 aliphatic heterocycles. The van der Waals surface area contributed by atoms with Crippen LogP contribution in [0.2, 0.25) is 0 Å². The minimum absolute atomic E-state index is 0.191. The van der Waals surface area contributed by atoms with Crippen LogP contribution in [0.1, 0.15) is 12.5 Å². The molecular weight excluding hydrogens is 330 g/mol. The van der Waals surface area contributed by atoms with Crippen molar-refractivity contribution < 1.29 is 9.53 Å². The first kappa shape index (κ1) is 17.2. The molecule has 0 saturated heterocycles. The van der Waals surface area contributed by atoms with E-state index in [1.807, 2.05) is 12.1 Å². The Bertz CT molecular complexity index is 999. The lowest BCUT2D eigenvalue weighted by Gasteiger charge is -2.07. The van der Waals surface area contributed by atoms with Crippen LogP contribution in [0.4, 0.5) is 0 Å². The van der Waals surface area contributed by atoms with Crippen LogP contribution in [-0.2, 0) is 4.79 Å². The zero-order chi connectivity index (χ0) is 18.5. The number of hydrogen-bond acceptors (Lipinski definition) is 5. The average Bonchev–Trinajstić information content (AvgIpc) is 3.07. The Balaban J connectivity index is 1.85. The normalized spacial score (nSPS) is 12.2. The van der Waals surface area contributed by atoms with E-state index in [9.17, 15) is 4.79 Å². The van der Waals surface area contributed by atoms with E-state index in [1.54, 1.807) is 37.7 Å². The van der Waals surface area contributed by atoms with Crippen molar-refractivity contribution >= 4 is 23.0 Å². The van der Waals surface area contributed by atoms with Crippen molar-refractivity contribution in [3.63, 3.8) is 0 Å². The quantitative estimate of drug-likeness (QED) is 0.665. The summed E-state index contributed by atoms with van der Waals surface area (Å²) >= 11 is 0. The Morgan fingerprint density at radius 2 is 2.19 bits per heavy atom. The molecule has 0 unspecified atom stereocenters. The lowest BCUT2D eigenvalue weighted by molar-refractivity contribution is -0.113. The Hall–Kier alpha value is -3.66. The maximum atomic E-state index is 10.9. The molecular formula is C19H17N5O2. The fourth-order valence-corrected chi connectivity index (χ4v) is 2.38. The number of aromatic nitrogens is 3. The Kier molecular flexibility index (Phi) is 4.94. The zero-order valence-electron chi connectivity index (χ0n) is 14.1. The molecule has 0 spiro atoms. The maximum absolute atomic E-state index is 10.9. The lowest BCUT2D eigenvalue weighted by Crippen LogP contribution is -2.06. The van der Waals surface area contributed by atoms with E-state index in [1.165, 1.54) is 6.08 Å². The number of pyridine rings is 2.